The van der Waals surface area contributed by atoms with E-state index in [0.717, 1.165) is 12.1 Å². The van der Waals surface area contributed by atoms with Crippen LogP contribution in [0.2, 0.25) is 0 Å². The maximum absolute atomic E-state index is 13.2. The van der Waals surface area contributed by atoms with Crippen molar-refractivity contribution in [1.82, 2.24) is 5.32 Å². The summed E-state index contributed by atoms with van der Waals surface area (Å²) in [5, 5.41) is 2.67. The van der Waals surface area contributed by atoms with Crippen molar-refractivity contribution in [3.05, 3.63) is 35.4 Å². The normalized spacial score (nSPS) is 10.6. The minimum absolute atomic E-state index is 0.0567. The lowest BCUT2D eigenvalue weighted by Gasteiger charge is -2.08. The number of carbonyl (C=O) groups is 1. The molecule has 0 saturated carbocycles. The smallest absolute Gasteiger partial charge is 0.224 e. The van der Waals surface area contributed by atoms with Crippen LogP contribution in [-0.2, 0) is 11.2 Å². The lowest BCUT2D eigenvalue weighted by atomic mass is 10.1. The molecule has 0 aliphatic carbocycles. The van der Waals surface area contributed by atoms with Crippen molar-refractivity contribution >= 4 is 5.91 Å². The largest absolute Gasteiger partial charge is 0.356 e. The molecule has 0 atom stereocenters. The molecule has 0 unspecified atom stereocenters. The minimum Gasteiger partial charge on any atom is -0.356 e. The van der Waals surface area contributed by atoms with Crippen molar-refractivity contribution in [3.63, 3.8) is 0 Å². The number of benzene rings is 1. The van der Waals surface area contributed by atoms with Crippen LogP contribution >= 0.6 is 0 Å². The average Bonchev–Trinajstić information content (AvgIpc) is 2.19. The van der Waals surface area contributed by atoms with Crippen LogP contribution in [0.25, 0.3) is 0 Å². The number of rotatable bonds is 4. The van der Waals surface area contributed by atoms with Crippen molar-refractivity contribution < 1.29 is 13.6 Å². The van der Waals surface area contributed by atoms with Crippen molar-refractivity contribution in [1.29, 1.82) is 0 Å². The van der Waals surface area contributed by atoms with Gasteiger partial charge in [-0.15, -0.1) is 0 Å². The molecule has 16 heavy (non-hydrogen) atoms. The van der Waals surface area contributed by atoms with Crippen LogP contribution in [0.5, 0.6) is 0 Å². The number of hydrogen-bond donors (Lipinski definition) is 1. The van der Waals surface area contributed by atoms with Gasteiger partial charge in [-0.2, -0.15) is 0 Å². The third kappa shape index (κ3) is 3.96. The molecular formula is C12H15F2NO. The first kappa shape index (κ1) is 12.6. The average molecular weight is 227 g/mol. The molecule has 0 radical (unpaired) electrons. The van der Waals surface area contributed by atoms with E-state index in [1.807, 2.05) is 13.8 Å². The Morgan fingerprint density at radius 2 is 2.06 bits per heavy atom. The summed E-state index contributed by atoms with van der Waals surface area (Å²) < 4.78 is 25.8. The van der Waals surface area contributed by atoms with E-state index in [-0.39, 0.29) is 17.9 Å². The Morgan fingerprint density at radius 1 is 1.38 bits per heavy atom. The maximum atomic E-state index is 13.2. The first-order valence-electron chi connectivity index (χ1n) is 5.19. The zero-order valence-electron chi connectivity index (χ0n) is 9.39. The van der Waals surface area contributed by atoms with Gasteiger partial charge in [0, 0.05) is 12.6 Å². The van der Waals surface area contributed by atoms with E-state index in [2.05, 4.69) is 5.32 Å². The van der Waals surface area contributed by atoms with Gasteiger partial charge in [-0.05, 0) is 17.5 Å². The topological polar surface area (TPSA) is 29.1 Å². The van der Waals surface area contributed by atoms with Crippen LogP contribution in [0.4, 0.5) is 8.78 Å². The highest BCUT2D eigenvalue weighted by Crippen LogP contribution is 2.10. The van der Waals surface area contributed by atoms with E-state index in [4.69, 9.17) is 0 Å². The van der Waals surface area contributed by atoms with E-state index in [0.29, 0.717) is 12.5 Å². The third-order valence-electron chi connectivity index (χ3n) is 2.07. The molecule has 1 N–H and O–H groups in total. The first-order valence-corrected chi connectivity index (χ1v) is 5.19. The Bertz CT molecular complexity index is 377. The molecule has 0 aromatic heterocycles. The molecular weight excluding hydrogens is 212 g/mol. The lowest BCUT2D eigenvalue weighted by molar-refractivity contribution is -0.120. The van der Waals surface area contributed by atoms with Crippen LogP contribution in [0.15, 0.2) is 18.2 Å². The SMILES string of the molecule is CC(C)CNC(=O)Cc1ccc(F)cc1F. The fraction of sp³-hybridized carbons (Fsp3) is 0.417. The van der Waals surface area contributed by atoms with Crippen LogP contribution < -0.4 is 5.32 Å². The number of nitrogens with one attached hydrogen (secondary N) is 1. The fourth-order valence-electron chi connectivity index (χ4n) is 1.22. The van der Waals surface area contributed by atoms with Crippen LogP contribution in [0, 0.1) is 17.6 Å². The second-order valence-electron chi connectivity index (χ2n) is 4.11. The molecule has 1 amide bonds. The number of halogens is 2. The Kier molecular flexibility index (Phi) is 4.40. The van der Waals surface area contributed by atoms with Crippen molar-refractivity contribution in [3.8, 4) is 0 Å². The number of hydrogen-bond acceptors (Lipinski definition) is 1. The molecule has 1 aromatic carbocycles. The van der Waals surface area contributed by atoms with Gasteiger partial charge >= 0.3 is 0 Å². The molecule has 1 rings (SSSR count). The molecule has 88 valence electrons. The molecule has 0 saturated heterocycles. The summed E-state index contributed by atoms with van der Waals surface area (Å²) >= 11 is 0. The number of carbonyl (C=O) groups excluding carboxylic acids is 1. The van der Waals surface area contributed by atoms with Gasteiger partial charge in [0.15, 0.2) is 0 Å². The van der Waals surface area contributed by atoms with E-state index in [1.54, 1.807) is 0 Å². The summed E-state index contributed by atoms with van der Waals surface area (Å²) in [4.78, 5) is 11.4. The minimum atomic E-state index is -0.681. The van der Waals surface area contributed by atoms with Gasteiger partial charge in [0.1, 0.15) is 11.6 Å². The molecule has 0 aliphatic heterocycles. The van der Waals surface area contributed by atoms with Crippen molar-refractivity contribution in [2.75, 3.05) is 6.54 Å². The van der Waals surface area contributed by atoms with Gasteiger partial charge in [-0.1, -0.05) is 19.9 Å². The zero-order chi connectivity index (χ0) is 12.1. The Balaban J connectivity index is 2.56. The third-order valence-corrected chi connectivity index (χ3v) is 2.07. The monoisotopic (exact) mass is 227 g/mol. The van der Waals surface area contributed by atoms with Crippen LogP contribution in [0.3, 0.4) is 0 Å². The second-order valence-corrected chi connectivity index (χ2v) is 4.11. The van der Waals surface area contributed by atoms with Crippen LogP contribution in [0.1, 0.15) is 19.4 Å². The van der Waals surface area contributed by atoms with Gasteiger partial charge < -0.3 is 5.32 Å². The fourth-order valence-corrected chi connectivity index (χ4v) is 1.22. The van der Waals surface area contributed by atoms with Gasteiger partial charge in [-0.25, -0.2) is 8.78 Å². The highest BCUT2D eigenvalue weighted by atomic mass is 19.1. The predicted molar refractivity (Wildman–Crippen MR) is 57.9 cm³/mol. The molecule has 0 fully saturated rings. The summed E-state index contributed by atoms with van der Waals surface area (Å²) in [6.45, 7) is 4.50. The highest BCUT2D eigenvalue weighted by Gasteiger charge is 2.09. The molecule has 1 aromatic rings. The second kappa shape index (κ2) is 5.58. The van der Waals surface area contributed by atoms with E-state index < -0.39 is 11.6 Å². The summed E-state index contributed by atoms with van der Waals surface area (Å²) in [5.41, 5.74) is 0.211. The molecule has 4 heteroatoms. The van der Waals surface area contributed by atoms with Crippen molar-refractivity contribution in [2.45, 2.75) is 20.3 Å². The maximum Gasteiger partial charge on any atom is 0.224 e. The highest BCUT2D eigenvalue weighted by molar-refractivity contribution is 5.78. The Hall–Kier alpha value is -1.45. The predicted octanol–water partition coefficient (Wildman–Crippen LogP) is 2.28. The summed E-state index contributed by atoms with van der Waals surface area (Å²) in [6, 6.07) is 3.22. The zero-order valence-corrected chi connectivity index (χ0v) is 9.39. The van der Waals surface area contributed by atoms with Crippen LogP contribution in [-0.4, -0.2) is 12.5 Å². The Morgan fingerprint density at radius 3 is 2.62 bits per heavy atom. The van der Waals surface area contributed by atoms with Gasteiger partial charge in [0.25, 0.3) is 0 Å². The first-order chi connectivity index (χ1) is 7.49. The van der Waals surface area contributed by atoms with Gasteiger partial charge in [0.05, 0.1) is 6.42 Å². The van der Waals surface area contributed by atoms with Gasteiger partial charge in [-0.3, -0.25) is 4.79 Å². The standard InChI is InChI=1S/C12H15F2NO/c1-8(2)7-15-12(16)5-9-3-4-10(13)6-11(9)14/h3-4,6,8H,5,7H2,1-2H3,(H,15,16). The van der Waals surface area contributed by atoms with Crippen molar-refractivity contribution in [2.24, 2.45) is 5.92 Å². The van der Waals surface area contributed by atoms with Gasteiger partial charge in [0.2, 0.25) is 5.91 Å². The van der Waals surface area contributed by atoms with E-state index in [1.165, 1.54) is 6.07 Å². The number of amides is 1. The molecule has 0 spiro atoms. The summed E-state index contributed by atoms with van der Waals surface area (Å²) in [7, 11) is 0. The molecule has 0 heterocycles. The molecule has 0 aliphatic rings. The Labute approximate surface area is 93.7 Å². The molecule has 2 nitrogen and oxygen atoms in total. The summed E-state index contributed by atoms with van der Waals surface area (Å²) in [6.07, 6.45) is -0.0567. The van der Waals surface area contributed by atoms with E-state index >= 15 is 0 Å². The molecule has 0 bridgehead atoms. The van der Waals surface area contributed by atoms with E-state index in [9.17, 15) is 13.6 Å². The lowest BCUT2D eigenvalue weighted by Crippen LogP contribution is -2.28. The summed E-state index contributed by atoms with van der Waals surface area (Å²) in [5.74, 6) is -1.22. The quantitative estimate of drug-likeness (QED) is 0.840.